The van der Waals surface area contributed by atoms with Crippen LogP contribution in [0.5, 0.6) is 0 Å². The Bertz CT molecular complexity index is 464. The van der Waals surface area contributed by atoms with Gasteiger partial charge in [-0.05, 0) is 31.6 Å². The third kappa shape index (κ3) is 25.5. The van der Waals surface area contributed by atoms with E-state index in [1.807, 2.05) is 0 Å². The maximum Gasteiger partial charge on any atom is 0.306 e. The molecule has 0 spiro atoms. The number of carbonyl (C=O) groups is 1. The van der Waals surface area contributed by atoms with Gasteiger partial charge in [-0.25, -0.2) is 0 Å². The van der Waals surface area contributed by atoms with Crippen molar-refractivity contribution >= 4 is 5.97 Å². The van der Waals surface area contributed by atoms with Crippen molar-refractivity contribution in [3.63, 3.8) is 0 Å². The average molecular weight is 525 g/mol. The molecule has 3 unspecified atom stereocenters. The van der Waals surface area contributed by atoms with Gasteiger partial charge < -0.3 is 10.2 Å². The maximum atomic E-state index is 12.0. The molecule has 0 amide bonds. The van der Waals surface area contributed by atoms with Gasteiger partial charge in [0.2, 0.25) is 0 Å². The first-order chi connectivity index (χ1) is 18.0. The summed E-state index contributed by atoms with van der Waals surface area (Å²) >= 11 is 0. The van der Waals surface area contributed by atoms with Crippen molar-refractivity contribution in [1.29, 1.82) is 0 Å². The lowest BCUT2D eigenvalue weighted by molar-refractivity contribution is -0.142. The minimum absolute atomic E-state index is 0.0960. The van der Waals surface area contributed by atoms with Gasteiger partial charge in [0.1, 0.15) is 0 Å². The van der Waals surface area contributed by atoms with Crippen LogP contribution in [0.15, 0.2) is 0 Å². The molecule has 0 fully saturated rings. The molecule has 0 aliphatic carbocycles. The Morgan fingerprint density at radius 1 is 0.486 bits per heavy atom. The summed E-state index contributed by atoms with van der Waals surface area (Å²) in [6, 6.07) is 0. The maximum absolute atomic E-state index is 12.0. The predicted molar refractivity (Wildman–Crippen MR) is 162 cm³/mol. The fourth-order valence-electron chi connectivity index (χ4n) is 5.80. The summed E-state index contributed by atoms with van der Waals surface area (Å²) in [5.41, 5.74) is 0. The highest BCUT2D eigenvalue weighted by molar-refractivity contribution is 5.69. The SMILES string of the molecule is CCCCCCCCC(CCCCCC)CC(CCCCCCCCCC(O)CCCCCC)C(=O)O. The molecule has 0 aromatic heterocycles. The highest BCUT2D eigenvalue weighted by atomic mass is 16.4. The van der Waals surface area contributed by atoms with Gasteiger partial charge in [0.05, 0.1) is 12.0 Å². The van der Waals surface area contributed by atoms with E-state index in [1.54, 1.807) is 0 Å². The number of unbranched alkanes of at least 4 members (excludes halogenated alkanes) is 17. The zero-order valence-corrected chi connectivity index (χ0v) is 25.6. The van der Waals surface area contributed by atoms with E-state index in [1.165, 1.54) is 135 Å². The molecule has 0 saturated heterocycles. The fraction of sp³-hybridized carbons (Fsp3) is 0.971. The first-order valence-electron chi connectivity index (χ1n) is 17.0. The molecule has 3 atom stereocenters. The van der Waals surface area contributed by atoms with Crippen LogP contribution in [0.4, 0.5) is 0 Å². The lowest BCUT2D eigenvalue weighted by atomic mass is 9.84. The van der Waals surface area contributed by atoms with Crippen molar-refractivity contribution in [1.82, 2.24) is 0 Å². The van der Waals surface area contributed by atoms with Crippen LogP contribution < -0.4 is 0 Å². The summed E-state index contributed by atoms with van der Waals surface area (Å²) < 4.78 is 0. The number of aliphatic carboxylic acids is 1. The van der Waals surface area contributed by atoms with Gasteiger partial charge in [-0.15, -0.1) is 0 Å². The minimum atomic E-state index is -0.560. The lowest BCUT2D eigenvalue weighted by Crippen LogP contribution is -2.18. The molecule has 0 radical (unpaired) electrons. The van der Waals surface area contributed by atoms with Gasteiger partial charge in [0.15, 0.2) is 0 Å². The first-order valence-corrected chi connectivity index (χ1v) is 17.0. The second-order valence-electron chi connectivity index (χ2n) is 12.1. The molecule has 0 aliphatic heterocycles. The molecule has 222 valence electrons. The van der Waals surface area contributed by atoms with Crippen LogP contribution in [-0.4, -0.2) is 22.3 Å². The third-order valence-corrected chi connectivity index (χ3v) is 8.38. The molecule has 0 aliphatic rings. The molecular weight excluding hydrogens is 456 g/mol. The van der Waals surface area contributed by atoms with Crippen LogP contribution in [0.25, 0.3) is 0 Å². The zero-order valence-electron chi connectivity index (χ0n) is 25.6. The number of hydrogen-bond acceptors (Lipinski definition) is 2. The number of hydrogen-bond donors (Lipinski definition) is 2. The highest BCUT2D eigenvalue weighted by Crippen LogP contribution is 2.28. The molecule has 3 heteroatoms. The highest BCUT2D eigenvalue weighted by Gasteiger charge is 2.22. The molecular formula is C34H68O3. The summed E-state index contributed by atoms with van der Waals surface area (Å²) in [5, 5.41) is 20.0. The Hall–Kier alpha value is -0.570. The smallest absolute Gasteiger partial charge is 0.306 e. The minimum Gasteiger partial charge on any atom is -0.481 e. The molecule has 0 bridgehead atoms. The fourth-order valence-corrected chi connectivity index (χ4v) is 5.80. The van der Waals surface area contributed by atoms with Crippen LogP contribution >= 0.6 is 0 Å². The summed E-state index contributed by atoms with van der Waals surface area (Å²) in [6.45, 7) is 6.75. The molecule has 0 saturated carbocycles. The van der Waals surface area contributed by atoms with E-state index in [4.69, 9.17) is 0 Å². The van der Waals surface area contributed by atoms with Crippen LogP contribution in [-0.2, 0) is 4.79 Å². The van der Waals surface area contributed by atoms with E-state index < -0.39 is 5.97 Å². The average Bonchev–Trinajstić information content (AvgIpc) is 2.88. The predicted octanol–water partition coefficient (Wildman–Crippen LogP) is 11.3. The molecule has 0 rings (SSSR count). The van der Waals surface area contributed by atoms with Crippen molar-refractivity contribution in [2.75, 3.05) is 0 Å². The van der Waals surface area contributed by atoms with Gasteiger partial charge in [-0.2, -0.15) is 0 Å². The van der Waals surface area contributed by atoms with E-state index >= 15 is 0 Å². The van der Waals surface area contributed by atoms with Crippen molar-refractivity contribution in [3.8, 4) is 0 Å². The first kappa shape index (κ1) is 36.4. The van der Waals surface area contributed by atoms with Crippen LogP contribution in [0.3, 0.4) is 0 Å². The summed E-state index contributed by atoms with van der Waals surface area (Å²) in [6.07, 6.45) is 32.5. The summed E-state index contributed by atoms with van der Waals surface area (Å²) in [7, 11) is 0. The van der Waals surface area contributed by atoms with E-state index in [9.17, 15) is 15.0 Å². The van der Waals surface area contributed by atoms with Crippen LogP contribution in [0.1, 0.15) is 194 Å². The van der Waals surface area contributed by atoms with Crippen LogP contribution in [0.2, 0.25) is 0 Å². The number of carboxylic acid groups (broad SMARTS) is 1. The second-order valence-corrected chi connectivity index (χ2v) is 12.1. The van der Waals surface area contributed by atoms with Crippen molar-refractivity contribution < 1.29 is 15.0 Å². The van der Waals surface area contributed by atoms with Gasteiger partial charge in [0.25, 0.3) is 0 Å². The Kier molecular flexibility index (Phi) is 28.0. The number of rotatable bonds is 30. The standard InChI is InChI=1S/C34H68O3/c1-4-7-10-13-17-21-26-31(25-20-11-8-5-2)30-32(34(36)37)27-22-18-15-14-16-19-24-29-33(35)28-23-12-9-6-3/h31-33,35H,4-30H2,1-3H3,(H,36,37). The molecule has 3 nitrogen and oxygen atoms in total. The van der Waals surface area contributed by atoms with Crippen molar-refractivity contribution in [2.45, 2.75) is 200 Å². The number of aliphatic hydroxyl groups is 1. The Labute approximate surface area is 233 Å². The van der Waals surface area contributed by atoms with Gasteiger partial charge >= 0.3 is 5.97 Å². The van der Waals surface area contributed by atoms with E-state index in [2.05, 4.69) is 20.8 Å². The Morgan fingerprint density at radius 2 is 0.811 bits per heavy atom. The zero-order chi connectivity index (χ0) is 27.4. The van der Waals surface area contributed by atoms with Gasteiger partial charge in [-0.1, -0.05) is 168 Å². The van der Waals surface area contributed by atoms with E-state index in [0.717, 1.165) is 38.5 Å². The van der Waals surface area contributed by atoms with E-state index in [-0.39, 0.29) is 12.0 Å². The van der Waals surface area contributed by atoms with Crippen molar-refractivity contribution in [2.24, 2.45) is 11.8 Å². The number of carboxylic acids is 1. The normalized spacial score (nSPS) is 14.1. The topological polar surface area (TPSA) is 57.5 Å². The van der Waals surface area contributed by atoms with Gasteiger partial charge in [0, 0.05) is 0 Å². The summed E-state index contributed by atoms with van der Waals surface area (Å²) in [4.78, 5) is 12.0. The number of aliphatic hydroxyl groups excluding tert-OH is 1. The molecule has 0 aromatic carbocycles. The second kappa shape index (κ2) is 28.4. The molecule has 37 heavy (non-hydrogen) atoms. The molecule has 2 N–H and O–H groups in total. The Morgan fingerprint density at radius 3 is 1.22 bits per heavy atom. The third-order valence-electron chi connectivity index (χ3n) is 8.38. The largest absolute Gasteiger partial charge is 0.481 e. The summed E-state index contributed by atoms with van der Waals surface area (Å²) in [5.74, 6) is -0.101. The van der Waals surface area contributed by atoms with Crippen LogP contribution in [0, 0.1) is 11.8 Å². The Balaban J connectivity index is 4.07. The lowest BCUT2D eigenvalue weighted by Gasteiger charge is -2.21. The monoisotopic (exact) mass is 525 g/mol. The van der Waals surface area contributed by atoms with Crippen molar-refractivity contribution in [3.05, 3.63) is 0 Å². The quantitative estimate of drug-likeness (QED) is 0.0918. The van der Waals surface area contributed by atoms with E-state index in [0.29, 0.717) is 5.92 Å². The molecule has 0 heterocycles. The van der Waals surface area contributed by atoms with Gasteiger partial charge in [-0.3, -0.25) is 4.79 Å². The molecule has 0 aromatic rings.